The highest BCUT2D eigenvalue weighted by Gasteiger charge is 2.43. The number of nitrogens with zero attached hydrogens (tertiary/aromatic N) is 4. The fourth-order valence-corrected chi connectivity index (χ4v) is 17.8. The Bertz CT molecular complexity index is 1250. The molecule has 0 atom stereocenters. The van der Waals surface area contributed by atoms with E-state index in [-0.39, 0.29) is 22.8 Å². The van der Waals surface area contributed by atoms with Gasteiger partial charge in [0.2, 0.25) is 11.6 Å². The molecular formula is C30H42N4O2SSi2. The highest BCUT2D eigenvalue weighted by atomic mass is 32.1. The third kappa shape index (κ3) is 5.22. The monoisotopic (exact) mass is 578 g/mol. The van der Waals surface area contributed by atoms with E-state index in [4.69, 9.17) is 9.97 Å². The van der Waals surface area contributed by atoms with Gasteiger partial charge in [-0.15, -0.1) is 11.1 Å². The van der Waals surface area contributed by atoms with Crippen molar-refractivity contribution in [1.29, 1.82) is 0 Å². The molecule has 6 nitrogen and oxygen atoms in total. The van der Waals surface area contributed by atoms with Crippen LogP contribution in [0.15, 0.2) is 0 Å². The summed E-state index contributed by atoms with van der Waals surface area (Å²) in [7, 11) is -4.20. The van der Waals surface area contributed by atoms with Crippen molar-refractivity contribution in [2.24, 2.45) is 0 Å². The van der Waals surface area contributed by atoms with Crippen LogP contribution in [-0.2, 0) is 0 Å². The van der Waals surface area contributed by atoms with Gasteiger partial charge in [-0.25, -0.2) is 9.97 Å². The summed E-state index contributed by atoms with van der Waals surface area (Å²) in [6, 6.07) is 0. The van der Waals surface area contributed by atoms with Crippen molar-refractivity contribution < 1.29 is 9.59 Å². The van der Waals surface area contributed by atoms with Gasteiger partial charge in [0.1, 0.15) is 38.9 Å². The highest BCUT2D eigenvalue weighted by molar-refractivity contribution is 6.99. The Morgan fingerprint density at radius 1 is 0.513 bits per heavy atom. The summed E-state index contributed by atoms with van der Waals surface area (Å²) in [5.74, 6) is 5.90. The van der Waals surface area contributed by atoms with Crippen LogP contribution in [0.1, 0.15) is 127 Å². The van der Waals surface area contributed by atoms with Crippen molar-refractivity contribution in [2.75, 3.05) is 0 Å². The second-order valence-corrected chi connectivity index (χ2v) is 24.2. The Hall–Kier alpha value is -2.47. The first-order valence-electron chi connectivity index (χ1n) is 14.0. The molecule has 0 spiro atoms. The Balaban J connectivity index is 2.36. The molecule has 0 N–H and O–H groups in total. The molecule has 0 bridgehead atoms. The minimum atomic E-state index is -2.10. The van der Waals surface area contributed by atoms with Crippen LogP contribution in [0, 0.1) is 22.9 Å². The third-order valence-electron chi connectivity index (χ3n) is 8.77. The molecule has 39 heavy (non-hydrogen) atoms. The lowest BCUT2D eigenvalue weighted by Crippen LogP contribution is -2.43. The van der Waals surface area contributed by atoms with Crippen LogP contribution in [0.3, 0.4) is 0 Å². The second kappa shape index (κ2) is 11.6. The van der Waals surface area contributed by atoms with E-state index < -0.39 is 27.7 Å². The normalized spacial score (nSPS) is 13.7. The molecule has 0 saturated carbocycles. The predicted molar refractivity (Wildman–Crippen MR) is 165 cm³/mol. The zero-order valence-corrected chi connectivity index (χ0v) is 28.3. The SMILES string of the molecule is CC(C)[Si](C#Cc1nc2c(nc1C#C[Si](C(C)C)(C(C)C)C(C)C)C(=O)c1nsnc1C2=O)(C(C)C)C(C)C. The highest BCUT2D eigenvalue weighted by Crippen LogP contribution is 2.42. The van der Waals surface area contributed by atoms with E-state index >= 15 is 0 Å². The topological polar surface area (TPSA) is 85.7 Å². The van der Waals surface area contributed by atoms with E-state index in [1.54, 1.807) is 0 Å². The zero-order chi connectivity index (χ0) is 29.4. The van der Waals surface area contributed by atoms with Crippen molar-refractivity contribution >= 4 is 39.4 Å². The van der Waals surface area contributed by atoms with Gasteiger partial charge in [0.05, 0.1) is 11.7 Å². The van der Waals surface area contributed by atoms with Crippen LogP contribution in [0.2, 0.25) is 33.2 Å². The minimum Gasteiger partial charge on any atom is -0.285 e. The zero-order valence-electron chi connectivity index (χ0n) is 25.5. The Morgan fingerprint density at radius 3 is 1.05 bits per heavy atom. The summed E-state index contributed by atoms with van der Waals surface area (Å²) in [6.07, 6.45) is 0. The van der Waals surface area contributed by atoms with Gasteiger partial charge in [-0.3, -0.25) is 9.59 Å². The van der Waals surface area contributed by atoms with Crippen LogP contribution in [0.4, 0.5) is 0 Å². The van der Waals surface area contributed by atoms with Crippen LogP contribution in [-0.4, -0.2) is 46.4 Å². The van der Waals surface area contributed by atoms with Crippen LogP contribution in [0.5, 0.6) is 0 Å². The molecule has 0 radical (unpaired) electrons. The molecule has 1 aliphatic rings. The number of carbonyl (C=O) groups is 2. The van der Waals surface area contributed by atoms with E-state index in [9.17, 15) is 9.59 Å². The average molecular weight is 579 g/mol. The number of fused-ring (bicyclic) bond motifs is 2. The summed E-state index contributed by atoms with van der Waals surface area (Å²) in [4.78, 5) is 35.9. The first-order chi connectivity index (χ1) is 18.1. The molecule has 0 saturated heterocycles. The molecule has 208 valence electrons. The number of carbonyl (C=O) groups excluding carboxylic acids is 2. The van der Waals surface area contributed by atoms with E-state index in [2.05, 4.69) is 115 Å². The fourth-order valence-electron chi connectivity index (χ4n) is 6.84. The first kappa shape index (κ1) is 31.1. The molecule has 0 aliphatic heterocycles. The lowest BCUT2D eigenvalue weighted by atomic mass is 9.98. The average Bonchev–Trinajstić information content (AvgIpc) is 3.32. The van der Waals surface area contributed by atoms with Gasteiger partial charge in [-0.05, 0) is 33.2 Å². The number of ketones is 2. The molecule has 3 rings (SSSR count). The molecule has 0 amide bonds. The van der Waals surface area contributed by atoms with Crippen molar-refractivity contribution in [3.8, 4) is 22.9 Å². The Morgan fingerprint density at radius 2 is 0.795 bits per heavy atom. The van der Waals surface area contributed by atoms with Crippen LogP contribution < -0.4 is 0 Å². The molecule has 0 fully saturated rings. The third-order valence-corrected chi connectivity index (χ3v) is 21.9. The quantitative estimate of drug-likeness (QED) is 0.226. The molecule has 9 heteroatoms. The lowest BCUT2D eigenvalue weighted by Gasteiger charge is -2.38. The summed E-state index contributed by atoms with van der Waals surface area (Å²) in [5.41, 5.74) is 10.9. The van der Waals surface area contributed by atoms with Gasteiger partial charge < -0.3 is 0 Å². The van der Waals surface area contributed by atoms with E-state index in [1.165, 1.54) is 0 Å². The molecule has 1 aliphatic carbocycles. The number of rotatable bonds is 6. The van der Waals surface area contributed by atoms with E-state index in [1.807, 2.05) is 0 Å². The van der Waals surface area contributed by atoms with Crippen LogP contribution in [0.25, 0.3) is 0 Å². The first-order valence-corrected chi connectivity index (χ1v) is 19.2. The molecular weight excluding hydrogens is 537 g/mol. The number of hydrogen-bond donors (Lipinski definition) is 0. The Labute approximate surface area is 240 Å². The Kier molecular flexibility index (Phi) is 9.21. The summed E-state index contributed by atoms with van der Waals surface area (Å²) in [5, 5.41) is 0. The number of aromatic nitrogens is 4. The molecule has 0 aromatic carbocycles. The van der Waals surface area contributed by atoms with Gasteiger partial charge >= 0.3 is 0 Å². The van der Waals surface area contributed by atoms with Gasteiger partial charge in [-0.2, -0.15) is 8.75 Å². The van der Waals surface area contributed by atoms with Gasteiger partial charge in [0, 0.05) is 0 Å². The minimum absolute atomic E-state index is 0.000967. The smallest absolute Gasteiger partial charge is 0.235 e. The van der Waals surface area contributed by atoms with E-state index in [0.717, 1.165) is 11.7 Å². The van der Waals surface area contributed by atoms with Crippen LogP contribution >= 0.6 is 11.7 Å². The van der Waals surface area contributed by atoms with E-state index in [0.29, 0.717) is 44.6 Å². The largest absolute Gasteiger partial charge is 0.285 e. The molecule has 0 unspecified atom stereocenters. The maximum Gasteiger partial charge on any atom is 0.235 e. The predicted octanol–water partition coefficient (Wildman–Crippen LogP) is 7.24. The second-order valence-electron chi connectivity index (χ2n) is 12.5. The fraction of sp³-hybridized carbons (Fsp3) is 0.600. The van der Waals surface area contributed by atoms with Crippen molar-refractivity contribution in [1.82, 2.24) is 18.7 Å². The maximum atomic E-state index is 13.3. The van der Waals surface area contributed by atoms with Crippen molar-refractivity contribution in [3.63, 3.8) is 0 Å². The van der Waals surface area contributed by atoms with Gasteiger partial charge in [0.15, 0.2) is 11.4 Å². The van der Waals surface area contributed by atoms with Crippen molar-refractivity contribution in [3.05, 3.63) is 34.2 Å². The number of hydrogen-bond acceptors (Lipinski definition) is 7. The summed E-state index contributed by atoms with van der Waals surface area (Å²) < 4.78 is 8.12. The van der Waals surface area contributed by atoms with Crippen molar-refractivity contribution in [2.45, 2.75) is 116 Å². The summed E-state index contributed by atoms with van der Waals surface area (Å²) >= 11 is 0.846. The standard InChI is InChI=1S/C30H42N4O2SSi2/c1-17(2)38(18(3)4,19(5)6)15-13-23-24(14-16-39(20(7)8,21(9)10)22(11)12)32-26-25(31-23)29(35)27-28(30(26)36)34-37-33-27/h17-22H,1-12H3. The molecule has 2 aromatic heterocycles. The lowest BCUT2D eigenvalue weighted by molar-refractivity contribution is 0.0966. The maximum absolute atomic E-state index is 13.3. The summed E-state index contributed by atoms with van der Waals surface area (Å²) in [6.45, 7) is 27.1. The molecule has 2 heterocycles. The molecule has 2 aromatic rings. The van der Waals surface area contributed by atoms with Gasteiger partial charge in [0.25, 0.3) is 0 Å². The van der Waals surface area contributed by atoms with Gasteiger partial charge in [-0.1, -0.05) is 94.9 Å².